The fourth-order valence-corrected chi connectivity index (χ4v) is 13.7. The third-order valence-corrected chi connectivity index (χ3v) is 19.7. The number of aliphatic hydroxyl groups is 2. The molecule has 2 rings (SSSR count). The van der Waals surface area contributed by atoms with Crippen LogP contribution in [0.1, 0.15) is 175 Å². The number of carbonyl (C=O) groups is 11. The van der Waals surface area contributed by atoms with Gasteiger partial charge in [-0.05, 0) is 128 Å². The van der Waals surface area contributed by atoms with Gasteiger partial charge in [0.25, 0.3) is 0 Å². The van der Waals surface area contributed by atoms with E-state index in [9.17, 15) is 29.4 Å². The minimum Gasteiger partial charge on any atom is -0.390 e. The van der Waals surface area contributed by atoms with Gasteiger partial charge < -0.3 is 70.7 Å². The second-order valence-corrected chi connectivity index (χ2v) is 30.8. The lowest BCUT2D eigenvalue weighted by molar-refractivity contribution is -0.157. The van der Waals surface area contributed by atoms with Crippen molar-refractivity contribution in [2.75, 3.05) is 80.5 Å². The molecule has 0 aromatic heterocycles. The maximum absolute atomic E-state index is 15.4. The average Bonchev–Trinajstić information content (AvgIpc) is 0.812. The van der Waals surface area contributed by atoms with Crippen LogP contribution in [0, 0.1) is 35.5 Å². The molecule has 0 unspecified atom stereocenters. The fourth-order valence-electron chi connectivity index (χ4n) is 12.5. The molecule has 26 heteroatoms. The summed E-state index contributed by atoms with van der Waals surface area (Å²) in [6.45, 7) is 31.6. The Balaban J connectivity index is 3.12. The zero-order valence-corrected chi connectivity index (χ0v) is 63.6. The molecule has 13 atom stereocenters. The quantitative estimate of drug-likeness (QED) is 0.0743. The molecule has 25 nitrogen and oxygen atoms in total. The van der Waals surface area contributed by atoms with Crippen molar-refractivity contribution in [3.05, 3.63) is 12.2 Å². The number of nitrogens with one attached hydrogen (secondary N) is 4. The molecule has 2 aliphatic heterocycles. The summed E-state index contributed by atoms with van der Waals surface area (Å²) in [5.74, 6) is -9.56. The normalized spacial score (nSPS) is 27.3. The monoisotopic (exact) mass is 1370 g/mol. The first kappa shape index (κ1) is 86.2. The smallest absolute Gasteiger partial charge is 0.246 e. The number of hydrogen-bond acceptors (Lipinski definition) is 15. The van der Waals surface area contributed by atoms with E-state index in [0.717, 1.165) is 42.2 Å². The van der Waals surface area contributed by atoms with E-state index >= 15 is 33.6 Å². The molecule has 0 spiro atoms. The zero-order chi connectivity index (χ0) is 73.7. The molecule has 2 heterocycles. The summed E-state index contributed by atoms with van der Waals surface area (Å²) < 4.78 is 0. The molecule has 550 valence electrons. The first-order valence-corrected chi connectivity index (χ1v) is 36.0. The van der Waals surface area contributed by atoms with Gasteiger partial charge in [0.1, 0.15) is 66.5 Å². The summed E-state index contributed by atoms with van der Waals surface area (Å²) in [5, 5.41) is 34.9. The van der Waals surface area contributed by atoms with Crippen LogP contribution < -0.4 is 21.3 Å². The Bertz CT molecular complexity index is 2630. The Hall–Kier alpha value is -5.86. The highest BCUT2D eigenvalue weighted by atomic mass is 32.2. The van der Waals surface area contributed by atoms with Gasteiger partial charge in [0.15, 0.2) is 0 Å². The number of likely N-dealkylation sites (N-methyl/N-ethyl adjacent to an activating group) is 7. The molecule has 0 radical (unpaired) electrons. The van der Waals surface area contributed by atoms with Crippen molar-refractivity contribution < 1.29 is 63.0 Å². The lowest BCUT2D eigenvalue weighted by Crippen LogP contribution is -2.64. The van der Waals surface area contributed by atoms with Crippen molar-refractivity contribution in [2.24, 2.45) is 35.5 Å². The van der Waals surface area contributed by atoms with Gasteiger partial charge in [-0.15, -0.1) is 0 Å². The highest BCUT2D eigenvalue weighted by Crippen LogP contribution is 2.27. The summed E-state index contributed by atoms with van der Waals surface area (Å²) in [6, 6.07) is -14.3. The van der Waals surface area contributed by atoms with Crippen LogP contribution >= 0.6 is 11.8 Å². The molecule has 2 aliphatic rings. The maximum Gasteiger partial charge on any atom is 0.246 e. The molecule has 11 amide bonds. The Morgan fingerprint density at radius 1 is 0.510 bits per heavy atom. The van der Waals surface area contributed by atoms with E-state index in [2.05, 4.69) is 26.2 Å². The number of amides is 11. The largest absolute Gasteiger partial charge is 0.390 e. The minimum atomic E-state index is -1.65. The minimum absolute atomic E-state index is 0.0186. The van der Waals surface area contributed by atoms with E-state index in [4.69, 9.17) is 0 Å². The fraction of sp³-hybridized carbons (Fsp3) is 0.814. The van der Waals surface area contributed by atoms with Crippen LogP contribution in [0.2, 0.25) is 0 Å². The molecule has 0 bridgehead atoms. The molecule has 0 saturated carbocycles. The number of rotatable bonds is 20. The van der Waals surface area contributed by atoms with Gasteiger partial charge in [-0.25, -0.2) is 0 Å². The molecule has 2 fully saturated rings. The van der Waals surface area contributed by atoms with Crippen LogP contribution in [0.5, 0.6) is 0 Å². The maximum atomic E-state index is 15.4. The van der Waals surface area contributed by atoms with E-state index in [-0.39, 0.29) is 55.6 Å². The van der Waals surface area contributed by atoms with Gasteiger partial charge >= 0.3 is 0 Å². The summed E-state index contributed by atoms with van der Waals surface area (Å²) in [4.78, 5) is 175. The van der Waals surface area contributed by atoms with Crippen LogP contribution in [-0.4, -0.2) is 273 Å². The Morgan fingerprint density at radius 3 is 1.45 bits per heavy atom. The number of likely N-dealkylation sites (tertiary alicyclic amines) is 1. The predicted molar refractivity (Wildman–Crippen MR) is 376 cm³/mol. The van der Waals surface area contributed by atoms with Gasteiger partial charge in [-0.1, -0.05) is 102 Å². The van der Waals surface area contributed by atoms with E-state index in [1.807, 2.05) is 47.6 Å². The third kappa shape index (κ3) is 24.8. The van der Waals surface area contributed by atoms with E-state index < -0.39 is 161 Å². The van der Waals surface area contributed by atoms with Crippen molar-refractivity contribution >= 4 is 76.7 Å². The van der Waals surface area contributed by atoms with Gasteiger partial charge in [0.05, 0.1) is 11.7 Å². The second kappa shape index (κ2) is 39.7. The average molecular weight is 1380 g/mol. The molecular weight excluding hydrogens is 1250 g/mol. The molecular formula is C70H126N12O13S. The zero-order valence-electron chi connectivity index (χ0n) is 62.8. The van der Waals surface area contributed by atoms with Gasteiger partial charge in [-0.3, -0.25) is 52.7 Å². The first-order valence-electron chi connectivity index (χ1n) is 34.9. The molecule has 6 N–H and O–H groups in total. The summed E-state index contributed by atoms with van der Waals surface area (Å²) in [6.07, 6.45) is 5.65. The number of piperidine rings is 1. The number of hydrogen-bond donors (Lipinski definition) is 6. The van der Waals surface area contributed by atoms with E-state index in [0.29, 0.717) is 18.7 Å². The summed E-state index contributed by atoms with van der Waals surface area (Å²) in [7, 11) is 9.94. The van der Waals surface area contributed by atoms with Gasteiger partial charge in [0, 0.05) is 73.8 Å². The van der Waals surface area contributed by atoms with Gasteiger partial charge in [0.2, 0.25) is 65.0 Å². The molecule has 2 saturated heterocycles. The SMILES string of the molecule is C/C=C/C[C@@H](C)[C@@H](O)[C@H]1C(=O)N[C@@H](CC)C(=O)N(C)[C@H](CSCCN2CCCCC2)C(=O)N(C)[C@@H](CC(C)(C)O)C(=O)N[C@@H](C(C)C)C(=O)N(C)[C@@H](CC(C)C)C(=O)N[C@@H](C)C(=O)N[C@H](C)C(=O)N(C)[C@@H](CC(C)C)C(=O)N(C)[C@@H](CC(C)C)C(=O)N(C)[C@@H](C(C)C)C(=O)N1C. The highest BCUT2D eigenvalue weighted by molar-refractivity contribution is 7.99. The van der Waals surface area contributed by atoms with E-state index in [1.54, 1.807) is 54.5 Å². The second-order valence-electron chi connectivity index (χ2n) is 29.7. The first-order chi connectivity index (χ1) is 44.5. The van der Waals surface area contributed by atoms with Crippen molar-refractivity contribution in [3.8, 4) is 0 Å². The number of carbonyl (C=O) groups excluding carboxylic acids is 11. The van der Waals surface area contributed by atoms with Crippen molar-refractivity contribution in [3.63, 3.8) is 0 Å². The number of allylic oxidation sites excluding steroid dienone is 2. The van der Waals surface area contributed by atoms with Crippen LogP contribution in [0.25, 0.3) is 0 Å². The van der Waals surface area contributed by atoms with Gasteiger partial charge in [-0.2, -0.15) is 11.8 Å². The third-order valence-electron chi connectivity index (χ3n) is 18.7. The lowest BCUT2D eigenvalue weighted by atomic mass is 9.91. The molecule has 0 aromatic rings. The Kier molecular flexibility index (Phi) is 35.6. The van der Waals surface area contributed by atoms with Crippen LogP contribution in [0.4, 0.5) is 0 Å². The number of thioether (sulfide) groups is 1. The van der Waals surface area contributed by atoms with E-state index in [1.165, 1.54) is 113 Å². The lowest BCUT2D eigenvalue weighted by Gasteiger charge is -2.41. The Labute approximate surface area is 579 Å². The number of aliphatic hydroxyl groups excluding tert-OH is 1. The van der Waals surface area contributed by atoms with Crippen molar-refractivity contribution in [1.82, 2.24) is 60.5 Å². The van der Waals surface area contributed by atoms with Crippen molar-refractivity contribution in [1.29, 1.82) is 0 Å². The highest BCUT2D eigenvalue weighted by Gasteiger charge is 2.47. The number of nitrogens with zero attached hydrogens (tertiary/aromatic N) is 8. The molecule has 0 aliphatic carbocycles. The van der Waals surface area contributed by atoms with Crippen LogP contribution in [0.3, 0.4) is 0 Å². The molecule has 0 aromatic carbocycles. The summed E-state index contributed by atoms with van der Waals surface area (Å²) in [5.41, 5.74) is -1.58. The topological polar surface area (TPSA) is 302 Å². The van der Waals surface area contributed by atoms with Crippen LogP contribution in [-0.2, 0) is 52.7 Å². The summed E-state index contributed by atoms with van der Waals surface area (Å²) >= 11 is 1.43. The predicted octanol–water partition coefficient (Wildman–Crippen LogP) is 3.97. The van der Waals surface area contributed by atoms with Crippen molar-refractivity contribution in [2.45, 2.75) is 254 Å². The standard InChI is InChI=1S/C70H126N12O13S/c1-25-27-31-46(13)58(83)57-62(87)73-49(26-2)64(89)79(22)54(40-96-35-34-82-32-29-28-30-33-82)67(92)78(21)53(39-70(16,17)95)61(86)74-55(44(9)10)68(93)75(18)50(36-41(3)4)60(85)71-47(14)59(84)72-48(15)63(88)76(19)51(37-42(5)6)65(90)77(20)52(38-43(7)8)66(91)80(23)56(45(11)12)69(94)81(57)24/h25,27,41-58,83,95H,26,28-40H2,1-24H3,(H,71,85)(H,72,84)(H,73,87)(H,74,86)/b27-25+/t46-,47+,48-,49+,50+,51+,52+,53+,54-,55+,56+,57+,58-/m1/s1. The van der Waals surface area contributed by atoms with Crippen LogP contribution in [0.15, 0.2) is 12.2 Å². The molecule has 96 heavy (non-hydrogen) atoms. The Morgan fingerprint density at radius 2 is 0.958 bits per heavy atom.